The summed E-state index contributed by atoms with van der Waals surface area (Å²) in [4.78, 5) is 33.9. The SMILES string of the molecule is CN(C(=O)[C@@H](N)CCCCN)[C@@H](Cc1c[nH]c2ccccc12)C(=O)NCc1cc(Cl)ccc1Sc1ccccc1CN. The molecule has 0 saturated heterocycles. The van der Waals surface area contributed by atoms with Crippen LogP contribution in [0.1, 0.15) is 36.0 Å². The summed E-state index contributed by atoms with van der Waals surface area (Å²) in [5, 5.41) is 4.65. The number of fused-ring (bicyclic) bond motifs is 1. The number of nitrogens with one attached hydrogen (secondary N) is 2. The van der Waals surface area contributed by atoms with Crippen LogP contribution >= 0.6 is 23.4 Å². The number of hydrogen-bond acceptors (Lipinski definition) is 6. The minimum Gasteiger partial charge on any atom is -0.361 e. The third-order valence-electron chi connectivity index (χ3n) is 7.38. The Bertz CT molecular complexity index is 1510. The van der Waals surface area contributed by atoms with Gasteiger partial charge in [0.25, 0.3) is 0 Å². The average Bonchev–Trinajstić information content (AvgIpc) is 3.42. The number of halogens is 1. The standard InChI is InChI=1S/C32H39ClN6O2S/c1-39(32(41)26(36)10-6-7-15-34)28(17-22-19-37-27-11-4-3-9-25(22)27)31(40)38-20-23-16-24(33)13-14-30(23)42-29-12-5-2-8-21(29)18-35/h2-5,8-9,11-14,16,19,26,28,37H,6-7,10,15,17-18,20,34-36H2,1H3,(H,38,40)/t26-,28-/m0/s1. The van der Waals surface area contributed by atoms with Crippen molar-refractivity contribution in [2.75, 3.05) is 13.6 Å². The van der Waals surface area contributed by atoms with Gasteiger partial charge in [0, 0.05) is 58.5 Å². The molecule has 0 spiro atoms. The van der Waals surface area contributed by atoms with Crippen LogP contribution in [0.5, 0.6) is 0 Å². The molecule has 4 rings (SSSR count). The van der Waals surface area contributed by atoms with E-state index >= 15 is 0 Å². The Morgan fingerprint density at radius 2 is 1.71 bits per heavy atom. The largest absolute Gasteiger partial charge is 0.361 e. The summed E-state index contributed by atoms with van der Waals surface area (Å²) in [5.41, 5.74) is 21.6. The van der Waals surface area contributed by atoms with Crippen LogP contribution in [0.2, 0.25) is 5.02 Å². The molecule has 0 bridgehead atoms. The van der Waals surface area contributed by atoms with Gasteiger partial charge in [-0.15, -0.1) is 0 Å². The molecule has 4 aromatic rings. The highest BCUT2D eigenvalue weighted by Gasteiger charge is 2.30. The molecule has 0 fully saturated rings. The van der Waals surface area contributed by atoms with Gasteiger partial charge >= 0.3 is 0 Å². The molecule has 42 heavy (non-hydrogen) atoms. The zero-order valence-corrected chi connectivity index (χ0v) is 25.4. The number of H-pyrrole nitrogens is 1. The summed E-state index contributed by atoms with van der Waals surface area (Å²) in [5.74, 6) is -0.548. The topological polar surface area (TPSA) is 143 Å². The lowest BCUT2D eigenvalue weighted by Gasteiger charge is -2.29. The molecule has 1 heterocycles. The number of nitrogens with two attached hydrogens (primary N) is 3. The first-order chi connectivity index (χ1) is 20.3. The first-order valence-corrected chi connectivity index (χ1v) is 15.3. The second-order valence-electron chi connectivity index (χ2n) is 10.3. The fourth-order valence-corrected chi connectivity index (χ4v) is 6.20. The zero-order valence-electron chi connectivity index (χ0n) is 23.8. The number of amides is 2. The molecule has 10 heteroatoms. The molecule has 0 unspecified atom stereocenters. The molecule has 0 aliphatic heterocycles. The Kier molecular flexibility index (Phi) is 11.5. The predicted octanol–water partition coefficient (Wildman–Crippen LogP) is 4.57. The predicted molar refractivity (Wildman–Crippen MR) is 171 cm³/mol. The molecule has 2 amide bonds. The smallest absolute Gasteiger partial charge is 0.243 e. The van der Waals surface area contributed by atoms with Gasteiger partial charge in [0.2, 0.25) is 11.8 Å². The Hall–Kier alpha value is -3.34. The molecule has 0 aliphatic carbocycles. The minimum atomic E-state index is -0.773. The highest BCUT2D eigenvalue weighted by atomic mass is 35.5. The minimum absolute atomic E-state index is 0.238. The van der Waals surface area contributed by atoms with E-state index in [2.05, 4.69) is 10.3 Å². The fraction of sp³-hybridized carbons (Fsp3) is 0.312. The summed E-state index contributed by atoms with van der Waals surface area (Å²) in [6.45, 7) is 1.21. The number of aromatic nitrogens is 1. The maximum atomic E-state index is 13.8. The number of benzene rings is 3. The van der Waals surface area contributed by atoms with Gasteiger partial charge in [0.1, 0.15) is 6.04 Å². The van der Waals surface area contributed by atoms with Crippen molar-refractivity contribution in [1.82, 2.24) is 15.2 Å². The van der Waals surface area contributed by atoms with Crippen LogP contribution < -0.4 is 22.5 Å². The van der Waals surface area contributed by atoms with E-state index in [1.54, 1.807) is 18.8 Å². The van der Waals surface area contributed by atoms with Gasteiger partial charge in [-0.05, 0) is 66.4 Å². The van der Waals surface area contributed by atoms with Gasteiger partial charge in [-0.2, -0.15) is 0 Å². The number of likely N-dealkylation sites (N-methyl/N-ethyl adjacent to an activating group) is 1. The summed E-state index contributed by atoms with van der Waals surface area (Å²) in [7, 11) is 1.65. The number of nitrogens with zero attached hydrogens (tertiary/aromatic N) is 1. The quantitative estimate of drug-likeness (QED) is 0.133. The zero-order chi connectivity index (χ0) is 30.1. The molecule has 3 aromatic carbocycles. The van der Waals surface area contributed by atoms with Crippen molar-refractivity contribution in [3.8, 4) is 0 Å². The lowest BCUT2D eigenvalue weighted by molar-refractivity contribution is -0.140. The lowest BCUT2D eigenvalue weighted by Crippen LogP contribution is -2.53. The molecule has 0 radical (unpaired) electrons. The van der Waals surface area contributed by atoms with Gasteiger partial charge in [-0.1, -0.05) is 66.2 Å². The summed E-state index contributed by atoms with van der Waals surface area (Å²) in [6.07, 6.45) is 4.27. The van der Waals surface area contributed by atoms with Crippen LogP contribution in [0.25, 0.3) is 10.9 Å². The van der Waals surface area contributed by atoms with Crippen LogP contribution in [0.4, 0.5) is 0 Å². The Morgan fingerprint density at radius 3 is 2.50 bits per heavy atom. The van der Waals surface area contributed by atoms with Crippen molar-refractivity contribution >= 4 is 46.1 Å². The number of para-hydroxylation sites is 1. The monoisotopic (exact) mass is 606 g/mol. The van der Waals surface area contributed by atoms with Crippen molar-refractivity contribution < 1.29 is 9.59 Å². The molecular weight excluding hydrogens is 568 g/mol. The van der Waals surface area contributed by atoms with Crippen LogP contribution in [-0.4, -0.2) is 47.4 Å². The van der Waals surface area contributed by atoms with Crippen LogP contribution in [0, 0.1) is 0 Å². The number of hydrogen-bond donors (Lipinski definition) is 5. The Balaban J connectivity index is 1.56. The molecule has 0 saturated carbocycles. The van der Waals surface area contributed by atoms with E-state index in [4.69, 9.17) is 28.8 Å². The summed E-state index contributed by atoms with van der Waals surface area (Å²) >= 11 is 7.95. The van der Waals surface area contributed by atoms with Gasteiger partial charge in [-0.25, -0.2) is 0 Å². The first-order valence-electron chi connectivity index (χ1n) is 14.1. The van der Waals surface area contributed by atoms with E-state index in [1.165, 1.54) is 4.90 Å². The third kappa shape index (κ3) is 7.93. The molecule has 222 valence electrons. The van der Waals surface area contributed by atoms with Gasteiger partial charge in [0.15, 0.2) is 0 Å². The normalized spacial score (nSPS) is 12.7. The number of carbonyl (C=O) groups is 2. The van der Waals surface area contributed by atoms with Gasteiger partial charge in [-0.3, -0.25) is 9.59 Å². The average molecular weight is 607 g/mol. The maximum Gasteiger partial charge on any atom is 0.243 e. The highest BCUT2D eigenvalue weighted by Crippen LogP contribution is 2.34. The second-order valence-corrected chi connectivity index (χ2v) is 11.8. The van der Waals surface area contributed by atoms with Crippen LogP contribution in [0.15, 0.2) is 82.7 Å². The van der Waals surface area contributed by atoms with Crippen LogP contribution in [-0.2, 0) is 29.1 Å². The lowest BCUT2D eigenvalue weighted by atomic mass is 10.0. The van der Waals surface area contributed by atoms with E-state index in [0.717, 1.165) is 50.2 Å². The van der Waals surface area contributed by atoms with Crippen LogP contribution in [0.3, 0.4) is 0 Å². The summed E-state index contributed by atoms with van der Waals surface area (Å²) < 4.78 is 0. The number of rotatable bonds is 14. The van der Waals surface area contributed by atoms with E-state index in [0.29, 0.717) is 31.0 Å². The van der Waals surface area contributed by atoms with E-state index in [9.17, 15) is 9.59 Å². The molecule has 8 nitrogen and oxygen atoms in total. The van der Waals surface area contributed by atoms with Crippen molar-refractivity contribution in [2.45, 2.75) is 60.6 Å². The van der Waals surface area contributed by atoms with Crippen molar-refractivity contribution in [2.24, 2.45) is 17.2 Å². The number of carbonyl (C=O) groups excluding carboxylic acids is 2. The molecular formula is C32H39ClN6O2S. The third-order valence-corrected chi connectivity index (χ3v) is 8.85. The molecule has 8 N–H and O–H groups in total. The van der Waals surface area contributed by atoms with Crippen molar-refractivity contribution in [1.29, 1.82) is 0 Å². The summed E-state index contributed by atoms with van der Waals surface area (Å²) in [6, 6.07) is 20.0. The van der Waals surface area contributed by atoms with Crippen molar-refractivity contribution in [3.05, 3.63) is 94.6 Å². The fourth-order valence-electron chi connectivity index (χ4n) is 4.94. The first kappa shape index (κ1) is 31.6. The molecule has 0 aliphatic rings. The van der Waals surface area contributed by atoms with Crippen molar-refractivity contribution in [3.63, 3.8) is 0 Å². The second kappa shape index (κ2) is 15.2. The number of aromatic amines is 1. The Labute approximate surface area is 256 Å². The van der Waals surface area contributed by atoms with E-state index < -0.39 is 12.1 Å². The number of unbranched alkanes of at least 4 members (excludes halogenated alkanes) is 1. The van der Waals surface area contributed by atoms with E-state index in [1.807, 2.05) is 72.9 Å². The maximum absolute atomic E-state index is 13.8. The molecule has 1 aromatic heterocycles. The van der Waals surface area contributed by atoms with Gasteiger partial charge < -0.3 is 32.4 Å². The van der Waals surface area contributed by atoms with E-state index in [-0.39, 0.29) is 18.4 Å². The van der Waals surface area contributed by atoms with Gasteiger partial charge in [0.05, 0.1) is 6.04 Å². The highest BCUT2D eigenvalue weighted by molar-refractivity contribution is 7.99. The Morgan fingerprint density at radius 1 is 0.976 bits per heavy atom. The molecule has 2 atom stereocenters.